The number of nitrogens with one attached hydrogen (secondary N) is 1. The molecule has 0 aromatic heterocycles. The van der Waals surface area contributed by atoms with E-state index < -0.39 is 5.97 Å². The third kappa shape index (κ3) is 5.99. The number of hydrogen-bond acceptors (Lipinski definition) is 4. The molecule has 1 amide bonds. The molecular weight excluding hydrogens is 342 g/mol. The first kappa shape index (κ1) is 20.2. The Labute approximate surface area is 160 Å². The van der Waals surface area contributed by atoms with E-state index in [1.54, 1.807) is 25.3 Å². The molecule has 5 heteroatoms. The summed E-state index contributed by atoms with van der Waals surface area (Å²) in [5.74, 6) is 0.0748. The highest BCUT2D eigenvalue weighted by Gasteiger charge is 2.13. The minimum Gasteiger partial charge on any atom is -0.497 e. The number of benzene rings is 2. The van der Waals surface area contributed by atoms with Crippen LogP contribution in [0.15, 0.2) is 48.5 Å². The fraction of sp³-hybridized carbons (Fsp3) is 0.273. The van der Waals surface area contributed by atoms with Crippen molar-refractivity contribution in [2.24, 2.45) is 0 Å². The van der Waals surface area contributed by atoms with Gasteiger partial charge in [-0.15, -0.1) is 0 Å². The number of esters is 1. The van der Waals surface area contributed by atoms with Gasteiger partial charge in [-0.25, -0.2) is 4.79 Å². The molecule has 5 nitrogen and oxygen atoms in total. The molecule has 2 aromatic carbocycles. The molecule has 0 atom stereocenters. The number of carbonyl (C=O) groups excluding carboxylic acids is 2. The van der Waals surface area contributed by atoms with E-state index in [1.807, 2.05) is 37.3 Å². The van der Waals surface area contributed by atoms with Crippen LogP contribution < -0.4 is 10.1 Å². The van der Waals surface area contributed by atoms with E-state index in [1.165, 1.54) is 6.08 Å². The average Bonchev–Trinajstić information content (AvgIpc) is 2.66. The first-order valence-corrected chi connectivity index (χ1v) is 8.79. The highest BCUT2D eigenvalue weighted by molar-refractivity contribution is 5.95. The number of methoxy groups -OCH3 is 1. The topological polar surface area (TPSA) is 64.6 Å². The molecule has 27 heavy (non-hydrogen) atoms. The van der Waals surface area contributed by atoms with Crippen LogP contribution in [0.4, 0.5) is 5.69 Å². The van der Waals surface area contributed by atoms with Crippen LogP contribution in [-0.2, 0) is 14.3 Å². The SMILES string of the molecule is COc1ccc(/C=C/C(=O)OCC(=O)Nc2c(C)cccc2C(C)C)cc1. The summed E-state index contributed by atoms with van der Waals surface area (Å²) in [4.78, 5) is 24.0. The molecule has 2 aromatic rings. The zero-order valence-corrected chi connectivity index (χ0v) is 16.1. The average molecular weight is 367 g/mol. The molecule has 0 aliphatic carbocycles. The van der Waals surface area contributed by atoms with Gasteiger partial charge in [-0.3, -0.25) is 4.79 Å². The Morgan fingerprint density at radius 2 is 1.81 bits per heavy atom. The molecule has 0 saturated carbocycles. The number of para-hydroxylation sites is 1. The fourth-order valence-electron chi connectivity index (χ4n) is 2.58. The number of amides is 1. The Hall–Kier alpha value is -3.08. The van der Waals surface area contributed by atoms with Gasteiger partial charge in [-0.05, 0) is 47.7 Å². The standard InChI is InChI=1S/C22H25NO4/c1-15(2)19-7-5-6-16(3)22(19)23-20(24)14-27-21(25)13-10-17-8-11-18(26-4)12-9-17/h5-13,15H,14H2,1-4H3,(H,23,24)/b13-10+. The van der Waals surface area contributed by atoms with Gasteiger partial charge in [0.1, 0.15) is 5.75 Å². The summed E-state index contributed by atoms with van der Waals surface area (Å²) in [6, 6.07) is 13.1. The van der Waals surface area contributed by atoms with Crippen molar-refractivity contribution in [3.05, 3.63) is 65.2 Å². The van der Waals surface area contributed by atoms with Crippen molar-refractivity contribution in [2.45, 2.75) is 26.7 Å². The lowest BCUT2D eigenvalue weighted by Crippen LogP contribution is -2.21. The zero-order valence-electron chi connectivity index (χ0n) is 16.1. The minimum absolute atomic E-state index is 0.273. The molecule has 1 N–H and O–H groups in total. The van der Waals surface area contributed by atoms with Crippen LogP contribution in [0, 0.1) is 6.92 Å². The molecule has 0 fully saturated rings. The van der Waals surface area contributed by atoms with E-state index in [0.29, 0.717) is 0 Å². The number of rotatable bonds is 7. The van der Waals surface area contributed by atoms with Gasteiger partial charge in [0, 0.05) is 11.8 Å². The number of hydrogen-bond donors (Lipinski definition) is 1. The van der Waals surface area contributed by atoms with Gasteiger partial charge in [0.15, 0.2) is 6.61 Å². The van der Waals surface area contributed by atoms with Crippen molar-refractivity contribution < 1.29 is 19.1 Å². The molecule has 0 unspecified atom stereocenters. The molecule has 142 valence electrons. The number of ether oxygens (including phenoxy) is 2. The predicted octanol–water partition coefficient (Wildman–Crippen LogP) is 4.32. The van der Waals surface area contributed by atoms with Crippen LogP contribution in [-0.4, -0.2) is 25.6 Å². The quantitative estimate of drug-likeness (QED) is 0.585. The molecule has 0 bridgehead atoms. The highest BCUT2D eigenvalue weighted by atomic mass is 16.5. The molecule has 0 aliphatic heterocycles. The van der Waals surface area contributed by atoms with Gasteiger partial charge in [0.25, 0.3) is 5.91 Å². The lowest BCUT2D eigenvalue weighted by molar-refractivity contribution is -0.142. The lowest BCUT2D eigenvalue weighted by Gasteiger charge is -2.16. The van der Waals surface area contributed by atoms with E-state index in [-0.39, 0.29) is 18.4 Å². The molecular formula is C22H25NO4. The normalized spacial score (nSPS) is 10.9. The third-order valence-electron chi connectivity index (χ3n) is 4.06. The molecule has 0 saturated heterocycles. The summed E-state index contributed by atoms with van der Waals surface area (Å²) < 4.78 is 10.1. The number of carbonyl (C=O) groups is 2. The maximum absolute atomic E-state index is 12.2. The van der Waals surface area contributed by atoms with Crippen LogP contribution in [0.3, 0.4) is 0 Å². The van der Waals surface area contributed by atoms with Gasteiger partial charge in [-0.1, -0.05) is 44.2 Å². The Morgan fingerprint density at radius 1 is 1.11 bits per heavy atom. The van der Waals surface area contributed by atoms with Crippen LogP contribution in [0.2, 0.25) is 0 Å². The number of aryl methyl sites for hydroxylation is 1. The zero-order chi connectivity index (χ0) is 19.8. The Kier molecular flexibility index (Phi) is 7.17. The van der Waals surface area contributed by atoms with Crippen LogP contribution in [0.25, 0.3) is 6.08 Å². The minimum atomic E-state index is -0.574. The van der Waals surface area contributed by atoms with Crippen molar-refractivity contribution in [3.8, 4) is 5.75 Å². The van der Waals surface area contributed by atoms with Gasteiger partial charge >= 0.3 is 5.97 Å². The third-order valence-corrected chi connectivity index (χ3v) is 4.06. The van der Waals surface area contributed by atoms with Gasteiger partial charge in [-0.2, -0.15) is 0 Å². The van der Waals surface area contributed by atoms with E-state index in [2.05, 4.69) is 19.2 Å². The van der Waals surface area contributed by atoms with Crippen molar-refractivity contribution in [1.82, 2.24) is 0 Å². The van der Waals surface area contributed by atoms with E-state index >= 15 is 0 Å². The fourth-order valence-corrected chi connectivity index (χ4v) is 2.58. The van der Waals surface area contributed by atoms with Crippen molar-refractivity contribution in [1.29, 1.82) is 0 Å². The van der Waals surface area contributed by atoms with Crippen LogP contribution >= 0.6 is 0 Å². The summed E-state index contributed by atoms with van der Waals surface area (Å²) >= 11 is 0. The first-order valence-electron chi connectivity index (χ1n) is 8.79. The summed E-state index contributed by atoms with van der Waals surface area (Å²) in [7, 11) is 1.59. The van der Waals surface area contributed by atoms with Gasteiger partial charge in [0.2, 0.25) is 0 Å². The summed E-state index contributed by atoms with van der Waals surface area (Å²) in [6.45, 7) is 5.73. The monoisotopic (exact) mass is 367 g/mol. The van der Waals surface area contributed by atoms with E-state index in [4.69, 9.17) is 9.47 Å². The Bertz CT molecular complexity index is 823. The van der Waals surface area contributed by atoms with Crippen molar-refractivity contribution in [2.75, 3.05) is 19.0 Å². The second-order valence-corrected chi connectivity index (χ2v) is 6.46. The molecule has 0 heterocycles. The van der Waals surface area contributed by atoms with Gasteiger partial charge < -0.3 is 14.8 Å². The molecule has 0 radical (unpaired) electrons. The maximum Gasteiger partial charge on any atom is 0.331 e. The summed E-state index contributed by atoms with van der Waals surface area (Å²) in [6.07, 6.45) is 2.92. The second-order valence-electron chi connectivity index (χ2n) is 6.46. The highest BCUT2D eigenvalue weighted by Crippen LogP contribution is 2.27. The molecule has 2 rings (SSSR count). The summed E-state index contributed by atoms with van der Waals surface area (Å²) in [5, 5.41) is 2.85. The smallest absolute Gasteiger partial charge is 0.331 e. The lowest BCUT2D eigenvalue weighted by atomic mass is 9.98. The molecule has 0 aliphatic rings. The Balaban J connectivity index is 1.90. The number of anilines is 1. The van der Waals surface area contributed by atoms with E-state index in [0.717, 1.165) is 28.1 Å². The van der Waals surface area contributed by atoms with Gasteiger partial charge in [0.05, 0.1) is 7.11 Å². The maximum atomic E-state index is 12.2. The predicted molar refractivity (Wildman–Crippen MR) is 107 cm³/mol. The Morgan fingerprint density at radius 3 is 2.44 bits per heavy atom. The summed E-state index contributed by atoms with van der Waals surface area (Å²) in [5.41, 5.74) is 3.63. The first-order chi connectivity index (χ1) is 12.9. The van der Waals surface area contributed by atoms with Crippen molar-refractivity contribution >= 4 is 23.6 Å². The van der Waals surface area contributed by atoms with E-state index in [9.17, 15) is 9.59 Å². The van der Waals surface area contributed by atoms with Crippen LogP contribution in [0.5, 0.6) is 5.75 Å². The second kappa shape index (κ2) is 9.57. The largest absolute Gasteiger partial charge is 0.497 e. The molecule has 0 spiro atoms. The van der Waals surface area contributed by atoms with Crippen molar-refractivity contribution in [3.63, 3.8) is 0 Å². The van der Waals surface area contributed by atoms with Crippen LogP contribution in [0.1, 0.15) is 36.5 Å².